The van der Waals surface area contributed by atoms with Crippen LogP contribution in [0.4, 0.5) is 5.69 Å². The van der Waals surface area contributed by atoms with Crippen LogP contribution in [-0.4, -0.2) is 41.5 Å². The second-order valence-electron chi connectivity index (χ2n) is 6.01. The van der Waals surface area contributed by atoms with Crippen LogP contribution in [0.25, 0.3) is 11.0 Å². The van der Waals surface area contributed by atoms with E-state index in [2.05, 4.69) is 15.5 Å². The van der Waals surface area contributed by atoms with Crippen molar-refractivity contribution in [2.45, 2.75) is 5.16 Å². The number of carbonyl (C=O) groups is 1. The molecule has 3 aromatic rings. The monoisotopic (exact) mass is 367 g/mol. The first-order valence-electron chi connectivity index (χ1n) is 8.18. The largest absolute Gasteiger partial charge is 0.378 e. The van der Waals surface area contributed by atoms with E-state index in [1.807, 2.05) is 79.1 Å². The van der Waals surface area contributed by atoms with Crippen LogP contribution in [0.2, 0.25) is 0 Å². The van der Waals surface area contributed by atoms with Crippen molar-refractivity contribution in [3.8, 4) is 0 Å². The number of hydrogen-bond donors (Lipinski definition) is 1. The molecular weight excluding hydrogens is 346 g/mol. The number of fused-ring (bicyclic) bond motifs is 1. The minimum Gasteiger partial charge on any atom is -0.378 e. The number of benzene rings is 2. The molecule has 1 amide bonds. The van der Waals surface area contributed by atoms with Crippen LogP contribution in [0.3, 0.4) is 0 Å². The lowest BCUT2D eigenvalue weighted by Gasteiger charge is -2.11. The van der Waals surface area contributed by atoms with Crippen molar-refractivity contribution in [3.05, 3.63) is 54.1 Å². The molecule has 0 fully saturated rings. The second kappa shape index (κ2) is 8.05. The van der Waals surface area contributed by atoms with Crippen LogP contribution in [0, 0.1) is 0 Å². The minimum atomic E-state index is -0.164. The second-order valence-corrected chi connectivity index (χ2v) is 6.95. The minimum absolute atomic E-state index is 0.164. The van der Waals surface area contributed by atoms with Crippen molar-refractivity contribution in [3.63, 3.8) is 0 Å². The molecule has 0 bridgehead atoms. The van der Waals surface area contributed by atoms with E-state index < -0.39 is 0 Å². The van der Waals surface area contributed by atoms with Crippen LogP contribution in [0.15, 0.2) is 58.8 Å². The van der Waals surface area contributed by atoms with Gasteiger partial charge in [0.25, 0.3) is 5.91 Å². The number of amides is 1. The number of thioether (sulfide) groups is 1. The summed E-state index contributed by atoms with van der Waals surface area (Å²) in [6, 6.07) is 15.8. The fourth-order valence-corrected chi connectivity index (χ4v) is 3.23. The SMILES string of the molecule is CN(C)c1ccc(/C=N/NC(=O)CSc2nc3ccccc3n2C)cc1. The molecule has 3 rings (SSSR count). The quantitative estimate of drug-likeness (QED) is 0.413. The molecule has 0 unspecified atom stereocenters. The zero-order chi connectivity index (χ0) is 18.5. The van der Waals surface area contributed by atoms with E-state index in [0.29, 0.717) is 0 Å². The fraction of sp³-hybridized carbons (Fsp3) is 0.211. The maximum Gasteiger partial charge on any atom is 0.250 e. The molecule has 0 spiro atoms. The average Bonchev–Trinajstić information content (AvgIpc) is 2.97. The molecule has 1 heterocycles. The van der Waals surface area contributed by atoms with E-state index in [4.69, 9.17) is 0 Å². The Kier molecular flexibility index (Phi) is 5.58. The lowest BCUT2D eigenvalue weighted by Crippen LogP contribution is -2.19. The number of hydrazone groups is 1. The number of anilines is 1. The Morgan fingerprint density at radius 3 is 2.65 bits per heavy atom. The highest BCUT2D eigenvalue weighted by molar-refractivity contribution is 7.99. The van der Waals surface area contributed by atoms with Crippen molar-refractivity contribution >= 4 is 40.6 Å². The lowest BCUT2D eigenvalue weighted by molar-refractivity contribution is -0.118. The van der Waals surface area contributed by atoms with E-state index in [9.17, 15) is 4.79 Å². The molecule has 6 nitrogen and oxygen atoms in total. The van der Waals surface area contributed by atoms with Gasteiger partial charge in [0.1, 0.15) is 0 Å². The van der Waals surface area contributed by atoms with Crippen LogP contribution < -0.4 is 10.3 Å². The summed E-state index contributed by atoms with van der Waals surface area (Å²) in [5.74, 6) is 0.0943. The van der Waals surface area contributed by atoms with Gasteiger partial charge < -0.3 is 9.47 Å². The molecule has 1 aromatic heterocycles. The Hall–Kier alpha value is -2.80. The Bertz CT molecular complexity index is 931. The molecule has 0 aliphatic heterocycles. The molecule has 0 atom stereocenters. The number of carbonyl (C=O) groups excluding carboxylic acids is 1. The highest BCUT2D eigenvalue weighted by Gasteiger charge is 2.09. The Balaban J connectivity index is 1.53. The van der Waals surface area contributed by atoms with Gasteiger partial charge in [0, 0.05) is 26.8 Å². The molecule has 26 heavy (non-hydrogen) atoms. The highest BCUT2D eigenvalue weighted by Crippen LogP contribution is 2.22. The van der Waals surface area contributed by atoms with Crippen LogP contribution >= 0.6 is 11.8 Å². The van der Waals surface area contributed by atoms with Gasteiger partial charge in [0.2, 0.25) is 0 Å². The van der Waals surface area contributed by atoms with Gasteiger partial charge in [-0.1, -0.05) is 36.0 Å². The zero-order valence-electron chi connectivity index (χ0n) is 15.0. The van der Waals surface area contributed by atoms with Crippen molar-refractivity contribution < 1.29 is 4.79 Å². The van der Waals surface area contributed by atoms with Gasteiger partial charge >= 0.3 is 0 Å². The summed E-state index contributed by atoms with van der Waals surface area (Å²) in [6.45, 7) is 0. The normalized spacial score (nSPS) is 11.2. The summed E-state index contributed by atoms with van der Waals surface area (Å²) in [6.07, 6.45) is 1.64. The van der Waals surface area contributed by atoms with Crippen LogP contribution in [0.5, 0.6) is 0 Å². The lowest BCUT2D eigenvalue weighted by atomic mass is 10.2. The van der Waals surface area contributed by atoms with Gasteiger partial charge in [0.05, 0.1) is 23.0 Å². The Labute approximate surface area is 156 Å². The third-order valence-electron chi connectivity index (χ3n) is 3.89. The van der Waals surface area contributed by atoms with Gasteiger partial charge in [-0.3, -0.25) is 4.79 Å². The first-order chi connectivity index (χ1) is 12.5. The Morgan fingerprint density at radius 1 is 1.23 bits per heavy atom. The van der Waals surface area contributed by atoms with E-state index in [1.54, 1.807) is 6.21 Å². The number of aromatic nitrogens is 2. The maximum atomic E-state index is 12.0. The first kappa shape index (κ1) is 18.0. The van der Waals surface area contributed by atoms with Crippen molar-refractivity contribution in [2.24, 2.45) is 12.1 Å². The summed E-state index contributed by atoms with van der Waals surface area (Å²) in [5.41, 5.74) is 6.58. The van der Waals surface area contributed by atoms with E-state index >= 15 is 0 Å². The molecule has 0 saturated carbocycles. The highest BCUT2D eigenvalue weighted by atomic mass is 32.2. The molecule has 2 aromatic carbocycles. The zero-order valence-corrected chi connectivity index (χ0v) is 15.8. The number of aryl methyl sites for hydroxylation is 1. The van der Waals surface area contributed by atoms with Crippen LogP contribution in [-0.2, 0) is 11.8 Å². The smallest absolute Gasteiger partial charge is 0.250 e. The van der Waals surface area contributed by atoms with Gasteiger partial charge in [-0.25, -0.2) is 10.4 Å². The predicted molar refractivity (Wildman–Crippen MR) is 108 cm³/mol. The van der Waals surface area contributed by atoms with E-state index in [1.165, 1.54) is 11.8 Å². The van der Waals surface area contributed by atoms with E-state index in [0.717, 1.165) is 27.4 Å². The summed E-state index contributed by atoms with van der Waals surface area (Å²) in [4.78, 5) is 18.6. The maximum absolute atomic E-state index is 12.0. The van der Waals surface area contributed by atoms with Crippen molar-refractivity contribution in [1.82, 2.24) is 15.0 Å². The topological polar surface area (TPSA) is 62.5 Å². The molecule has 1 N–H and O–H groups in total. The number of nitrogens with zero attached hydrogens (tertiary/aromatic N) is 4. The molecular formula is C19H21N5OS. The summed E-state index contributed by atoms with van der Waals surface area (Å²) in [7, 11) is 5.93. The molecule has 134 valence electrons. The van der Waals surface area contributed by atoms with E-state index in [-0.39, 0.29) is 11.7 Å². The molecule has 0 radical (unpaired) electrons. The van der Waals surface area contributed by atoms with Crippen LogP contribution in [0.1, 0.15) is 5.56 Å². The number of rotatable bonds is 6. The first-order valence-corrected chi connectivity index (χ1v) is 9.16. The standard InChI is InChI=1S/C19H21N5OS/c1-23(2)15-10-8-14(9-11-15)12-20-22-18(25)13-26-19-21-16-6-4-5-7-17(16)24(19)3/h4-12H,13H2,1-3H3,(H,22,25)/b20-12+. The van der Waals surface area contributed by atoms with Crippen molar-refractivity contribution in [2.75, 3.05) is 24.7 Å². The van der Waals surface area contributed by atoms with Gasteiger partial charge in [-0.05, 0) is 29.8 Å². The number of nitrogens with one attached hydrogen (secondary N) is 1. The van der Waals surface area contributed by atoms with Gasteiger partial charge in [-0.15, -0.1) is 0 Å². The molecule has 0 saturated heterocycles. The average molecular weight is 367 g/mol. The number of para-hydroxylation sites is 2. The predicted octanol–water partition coefficient (Wildman–Crippen LogP) is 2.88. The Morgan fingerprint density at radius 2 is 1.96 bits per heavy atom. The number of hydrogen-bond acceptors (Lipinski definition) is 5. The van der Waals surface area contributed by atoms with Gasteiger partial charge in [-0.2, -0.15) is 5.10 Å². The summed E-state index contributed by atoms with van der Waals surface area (Å²) >= 11 is 1.39. The molecule has 7 heteroatoms. The molecule has 0 aliphatic rings. The number of imidazole rings is 1. The van der Waals surface area contributed by atoms with Crippen molar-refractivity contribution in [1.29, 1.82) is 0 Å². The summed E-state index contributed by atoms with van der Waals surface area (Å²) < 4.78 is 1.99. The third kappa shape index (κ3) is 4.23. The fourth-order valence-electron chi connectivity index (χ4n) is 2.45. The van der Waals surface area contributed by atoms with Gasteiger partial charge in [0.15, 0.2) is 5.16 Å². The summed E-state index contributed by atoms with van der Waals surface area (Å²) in [5, 5.41) is 4.82. The molecule has 0 aliphatic carbocycles. The third-order valence-corrected chi connectivity index (χ3v) is 4.92.